The average molecular weight is 378 g/mol. The summed E-state index contributed by atoms with van der Waals surface area (Å²) in [7, 11) is 0. The molecule has 2 aromatic rings. The highest BCUT2D eigenvalue weighted by Crippen LogP contribution is 2.33. The molecular formula is C14H10F3IO. The third-order valence-corrected chi connectivity index (χ3v) is 3.07. The lowest BCUT2D eigenvalue weighted by atomic mass is 10.2. The topological polar surface area (TPSA) is 9.23 Å². The second-order valence-electron chi connectivity index (χ2n) is 3.95. The first-order valence-electron chi connectivity index (χ1n) is 5.50. The van der Waals surface area contributed by atoms with Crippen molar-refractivity contribution >= 4 is 22.6 Å². The summed E-state index contributed by atoms with van der Waals surface area (Å²) in [6, 6.07) is 13.0. The van der Waals surface area contributed by atoms with Crippen molar-refractivity contribution in [2.45, 2.75) is 12.8 Å². The van der Waals surface area contributed by atoms with Gasteiger partial charge in [-0.1, -0.05) is 30.3 Å². The molecule has 19 heavy (non-hydrogen) atoms. The fourth-order valence-electron chi connectivity index (χ4n) is 1.55. The summed E-state index contributed by atoms with van der Waals surface area (Å²) in [4.78, 5) is 0. The average Bonchev–Trinajstić information content (AvgIpc) is 2.36. The minimum absolute atomic E-state index is 0.225. The van der Waals surface area contributed by atoms with Crippen LogP contribution in [0, 0.1) is 3.57 Å². The van der Waals surface area contributed by atoms with Crippen LogP contribution < -0.4 is 4.74 Å². The van der Waals surface area contributed by atoms with Crippen molar-refractivity contribution in [3.8, 4) is 5.75 Å². The van der Waals surface area contributed by atoms with Crippen molar-refractivity contribution in [3.63, 3.8) is 0 Å². The van der Waals surface area contributed by atoms with Crippen LogP contribution in [0.25, 0.3) is 0 Å². The van der Waals surface area contributed by atoms with Gasteiger partial charge in [0.15, 0.2) is 0 Å². The fourth-order valence-corrected chi connectivity index (χ4v) is 2.19. The molecule has 2 aromatic carbocycles. The molecule has 2 rings (SSSR count). The first-order valence-corrected chi connectivity index (χ1v) is 6.57. The van der Waals surface area contributed by atoms with Crippen LogP contribution in [-0.2, 0) is 12.8 Å². The van der Waals surface area contributed by atoms with Gasteiger partial charge in [0, 0.05) is 3.57 Å². The van der Waals surface area contributed by atoms with E-state index in [1.165, 1.54) is 0 Å². The van der Waals surface area contributed by atoms with Crippen LogP contribution in [0.1, 0.15) is 11.1 Å². The molecule has 0 spiro atoms. The lowest BCUT2D eigenvalue weighted by Gasteiger charge is -2.11. The maximum absolute atomic E-state index is 12.7. The largest absolute Gasteiger partial charge is 0.489 e. The number of alkyl halides is 3. The quantitative estimate of drug-likeness (QED) is 0.692. The first kappa shape index (κ1) is 14.2. The molecular weight excluding hydrogens is 368 g/mol. The van der Waals surface area contributed by atoms with Crippen molar-refractivity contribution < 1.29 is 17.9 Å². The number of halogens is 4. The Balaban J connectivity index is 2.15. The highest BCUT2D eigenvalue weighted by molar-refractivity contribution is 14.1. The fraction of sp³-hybridized carbons (Fsp3) is 0.143. The second kappa shape index (κ2) is 5.81. The van der Waals surface area contributed by atoms with Crippen molar-refractivity contribution in [3.05, 3.63) is 63.2 Å². The Labute approximate surface area is 122 Å². The lowest BCUT2D eigenvalue weighted by molar-refractivity contribution is -0.137. The van der Waals surface area contributed by atoms with E-state index in [2.05, 4.69) is 0 Å². The first-order chi connectivity index (χ1) is 8.95. The van der Waals surface area contributed by atoms with E-state index in [0.29, 0.717) is 3.57 Å². The van der Waals surface area contributed by atoms with Crippen LogP contribution in [0.5, 0.6) is 5.75 Å². The lowest BCUT2D eigenvalue weighted by Crippen LogP contribution is -2.06. The monoisotopic (exact) mass is 378 g/mol. The van der Waals surface area contributed by atoms with Crippen LogP contribution in [-0.4, -0.2) is 0 Å². The molecule has 0 atom stereocenters. The van der Waals surface area contributed by atoms with Crippen LogP contribution >= 0.6 is 22.6 Å². The Morgan fingerprint density at radius 3 is 2.32 bits per heavy atom. The summed E-state index contributed by atoms with van der Waals surface area (Å²) in [5, 5.41) is 0. The number of hydrogen-bond donors (Lipinski definition) is 0. The van der Waals surface area contributed by atoms with E-state index < -0.39 is 11.7 Å². The zero-order valence-electron chi connectivity index (χ0n) is 9.75. The van der Waals surface area contributed by atoms with Crippen LogP contribution in [0.4, 0.5) is 13.2 Å². The van der Waals surface area contributed by atoms with E-state index in [9.17, 15) is 13.2 Å². The third-order valence-electron chi connectivity index (χ3n) is 2.45. The van der Waals surface area contributed by atoms with Gasteiger partial charge in [-0.05, 0) is 46.4 Å². The maximum atomic E-state index is 12.7. The van der Waals surface area contributed by atoms with Gasteiger partial charge in [-0.15, -0.1) is 0 Å². The van der Waals surface area contributed by atoms with Gasteiger partial charge >= 0.3 is 6.18 Å². The van der Waals surface area contributed by atoms with Gasteiger partial charge in [0.05, 0.1) is 5.56 Å². The van der Waals surface area contributed by atoms with E-state index in [1.54, 1.807) is 6.07 Å². The molecule has 0 unspecified atom stereocenters. The maximum Gasteiger partial charge on any atom is 0.416 e. The van der Waals surface area contributed by atoms with Crippen molar-refractivity contribution in [2.24, 2.45) is 0 Å². The molecule has 0 saturated heterocycles. The number of rotatable bonds is 3. The molecule has 0 radical (unpaired) electrons. The number of ether oxygens (including phenoxy) is 1. The van der Waals surface area contributed by atoms with Gasteiger partial charge in [-0.2, -0.15) is 13.2 Å². The smallest absolute Gasteiger partial charge is 0.416 e. The van der Waals surface area contributed by atoms with Crippen LogP contribution in [0.2, 0.25) is 0 Å². The van der Waals surface area contributed by atoms with Gasteiger partial charge < -0.3 is 4.74 Å². The predicted molar refractivity (Wildman–Crippen MR) is 74.9 cm³/mol. The molecule has 0 aromatic heterocycles. The second-order valence-corrected chi connectivity index (χ2v) is 5.19. The normalized spacial score (nSPS) is 11.4. The molecule has 0 heterocycles. The minimum atomic E-state index is -4.36. The van der Waals surface area contributed by atoms with Gasteiger partial charge in [-0.3, -0.25) is 0 Å². The van der Waals surface area contributed by atoms with Crippen LogP contribution in [0.15, 0.2) is 48.5 Å². The summed E-state index contributed by atoms with van der Waals surface area (Å²) in [5.41, 5.74) is 0.220. The molecule has 5 heteroatoms. The Morgan fingerprint density at radius 1 is 1.00 bits per heavy atom. The van der Waals surface area contributed by atoms with E-state index in [0.717, 1.165) is 17.7 Å². The van der Waals surface area contributed by atoms with Crippen molar-refractivity contribution in [1.82, 2.24) is 0 Å². The SMILES string of the molecule is FC(F)(F)c1cc(I)cc(OCc2ccccc2)c1. The molecule has 0 aliphatic carbocycles. The zero-order valence-corrected chi connectivity index (χ0v) is 11.9. The molecule has 0 aliphatic heterocycles. The van der Waals surface area contributed by atoms with Gasteiger partial charge in [0.1, 0.15) is 12.4 Å². The molecule has 0 fully saturated rings. The summed E-state index contributed by atoms with van der Waals surface area (Å²) >= 11 is 1.85. The third kappa shape index (κ3) is 4.12. The minimum Gasteiger partial charge on any atom is -0.489 e. The Kier molecular flexibility index (Phi) is 4.34. The molecule has 0 amide bonds. The summed E-state index contributed by atoms with van der Waals surface area (Å²) in [6.45, 7) is 0.248. The predicted octanol–water partition coefficient (Wildman–Crippen LogP) is 4.89. The van der Waals surface area contributed by atoms with E-state index in [4.69, 9.17) is 4.74 Å². The molecule has 100 valence electrons. The van der Waals surface area contributed by atoms with E-state index in [-0.39, 0.29) is 12.4 Å². The molecule has 0 aliphatic rings. The highest BCUT2D eigenvalue weighted by Gasteiger charge is 2.31. The van der Waals surface area contributed by atoms with Crippen LogP contribution in [0.3, 0.4) is 0 Å². The number of hydrogen-bond acceptors (Lipinski definition) is 1. The Hall–Kier alpha value is -1.24. The molecule has 0 N–H and O–H groups in total. The highest BCUT2D eigenvalue weighted by atomic mass is 127. The van der Waals surface area contributed by atoms with Crippen molar-refractivity contribution in [1.29, 1.82) is 0 Å². The zero-order chi connectivity index (χ0) is 13.9. The van der Waals surface area contributed by atoms with Gasteiger partial charge in [0.2, 0.25) is 0 Å². The Bertz CT molecular complexity index is 552. The van der Waals surface area contributed by atoms with Crippen molar-refractivity contribution in [2.75, 3.05) is 0 Å². The van der Waals surface area contributed by atoms with E-state index >= 15 is 0 Å². The Morgan fingerprint density at radius 2 is 1.68 bits per heavy atom. The standard InChI is InChI=1S/C14H10F3IO/c15-14(16,17)11-6-12(18)8-13(7-11)19-9-10-4-2-1-3-5-10/h1-8H,9H2. The van der Waals surface area contributed by atoms with Gasteiger partial charge in [0.25, 0.3) is 0 Å². The molecule has 0 saturated carbocycles. The van der Waals surface area contributed by atoms with E-state index in [1.807, 2.05) is 52.9 Å². The number of benzene rings is 2. The molecule has 1 nitrogen and oxygen atoms in total. The van der Waals surface area contributed by atoms with Gasteiger partial charge in [-0.25, -0.2) is 0 Å². The summed E-state index contributed by atoms with van der Waals surface area (Å²) < 4.78 is 43.9. The molecule has 0 bridgehead atoms. The summed E-state index contributed by atoms with van der Waals surface area (Å²) in [6.07, 6.45) is -4.36. The summed E-state index contributed by atoms with van der Waals surface area (Å²) in [5.74, 6) is 0.225.